The van der Waals surface area contributed by atoms with Gasteiger partial charge in [-0.3, -0.25) is 9.21 Å². The minimum absolute atomic E-state index is 0.135. The van der Waals surface area contributed by atoms with Crippen molar-refractivity contribution < 1.29 is 17.9 Å². The van der Waals surface area contributed by atoms with Gasteiger partial charge >= 0.3 is 0 Å². The maximum Gasteiger partial charge on any atom is 0.264 e. The zero-order valence-corrected chi connectivity index (χ0v) is 24.4. The fourth-order valence-corrected chi connectivity index (χ4v) is 8.09. The number of sulfonamides is 1. The molecule has 0 amide bonds. The highest BCUT2D eigenvalue weighted by Crippen LogP contribution is 2.52. The summed E-state index contributed by atoms with van der Waals surface area (Å²) in [5.74, 6) is 1.03. The summed E-state index contributed by atoms with van der Waals surface area (Å²) in [5, 5.41) is 3.48. The van der Waals surface area contributed by atoms with Gasteiger partial charge in [0.2, 0.25) is 5.88 Å². The van der Waals surface area contributed by atoms with Crippen molar-refractivity contribution in [1.82, 2.24) is 14.9 Å². The molecule has 1 saturated heterocycles. The molecule has 0 bridgehead atoms. The number of rotatable bonds is 7. The molecule has 0 N–H and O–H groups in total. The van der Waals surface area contributed by atoms with E-state index in [2.05, 4.69) is 19.8 Å². The standard InChI is InChI=1S/C28H28ClN5O4S2/c1-37-21-6-8-22(9-7-21)40(35,36)34-19-28(23-4-3-11-30-26(23)38-2,24-18-20(29)5-10-25(24)34)33-15-13-32(14-16-33)27-31-12-17-39-27/h3-12,17-18H,13-16,19H2,1-2H3. The molecule has 2 aromatic heterocycles. The number of thiazole rings is 1. The average Bonchev–Trinajstić information content (AvgIpc) is 3.65. The fourth-order valence-electron chi connectivity index (χ4n) is 5.72. The molecule has 2 aromatic carbocycles. The Balaban J connectivity index is 1.50. The number of hydrogen-bond donors (Lipinski definition) is 0. The monoisotopic (exact) mass is 597 g/mol. The number of anilines is 2. The number of aromatic nitrogens is 2. The first-order chi connectivity index (χ1) is 19.4. The third kappa shape index (κ3) is 4.37. The average molecular weight is 598 g/mol. The molecule has 0 aliphatic carbocycles. The van der Waals surface area contributed by atoms with E-state index < -0.39 is 15.6 Å². The van der Waals surface area contributed by atoms with Crippen LogP contribution < -0.4 is 18.7 Å². The molecule has 12 heteroatoms. The van der Waals surface area contributed by atoms with Crippen LogP contribution in [0.4, 0.5) is 10.8 Å². The van der Waals surface area contributed by atoms with Gasteiger partial charge in [-0.05, 0) is 54.6 Å². The van der Waals surface area contributed by atoms with E-state index in [1.54, 1.807) is 68.2 Å². The molecular formula is C28H28ClN5O4S2. The number of pyridine rings is 1. The predicted octanol–water partition coefficient (Wildman–Crippen LogP) is 4.48. The molecule has 0 radical (unpaired) electrons. The minimum atomic E-state index is -3.95. The lowest BCUT2D eigenvalue weighted by atomic mass is 9.82. The topological polar surface area (TPSA) is 88.1 Å². The lowest BCUT2D eigenvalue weighted by Gasteiger charge is -2.46. The van der Waals surface area contributed by atoms with Gasteiger partial charge in [0.05, 0.1) is 36.9 Å². The van der Waals surface area contributed by atoms with Crippen LogP contribution in [0.1, 0.15) is 11.1 Å². The zero-order chi connectivity index (χ0) is 27.9. The third-order valence-corrected chi connectivity index (χ3v) is 10.5. The third-order valence-electron chi connectivity index (χ3n) is 7.61. The van der Waals surface area contributed by atoms with Gasteiger partial charge in [0, 0.05) is 60.1 Å². The van der Waals surface area contributed by atoms with E-state index in [0.29, 0.717) is 35.4 Å². The number of hydrogen-bond acceptors (Lipinski definition) is 9. The van der Waals surface area contributed by atoms with E-state index >= 15 is 0 Å². The lowest BCUT2D eigenvalue weighted by molar-refractivity contribution is 0.124. The van der Waals surface area contributed by atoms with E-state index in [1.807, 2.05) is 29.8 Å². The van der Waals surface area contributed by atoms with Gasteiger partial charge in [-0.1, -0.05) is 11.6 Å². The van der Waals surface area contributed by atoms with Crippen LogP contribution in [0.5, 0.6) is 11.6 Å². The number of nitrogens with zero attached hydrogens (tertiary/aromatic N) is 5. The molecule has 1 atom stereocenters. The number of benzene rings is 2. The summed E-state index contributed by atoms with van der Waals surface area (Å²) in [4.78, 5) is 13.8. The van der Waals surface area contributed by atoms with Crippen LogP contribution in [0.3, 0.4) is 0 Å². The Hall–Kier alpha value is -3.38. The van der Waals surface area contributed by atoms with Gasteiger partial charge in [0.15, 0.2) is 5.13 Å². The molecule has 9 nitrogen and oxygen atoms in total. The van der Waals surface area contributed by atoms with E-state index in [-0.39, 0.29) is 11.4 Å². The van der Waals surface area contributed by atoms with Gasteiger partial charge in [-0.2, -0.15) is 0 Å². The molecule has 0 spiro atoms. The van der Waals surface area contributed by atoms with Crippen molar-refractivity contribution in [2.75, 3.05) is 56.1 Å². The van der Waals surface area contributed by atoms with Gasteiger partial charge in [0.1, 0.15) is 5.75 Å². The van der Waals surface area contributed by atoms with Crippen molar-refractivity contribution in [3.8, 4) is 11.6 Å². The first kappa shape index (κ1) is 26.8. The Labute approximate surface area is 242 Å². The van der Waals surface area contributed by atoms with Gasteiger partial charge < -0.3 is 14.4 Å². The van der Waals surface area contributed by atoms with Crippen molar-refractivity contribution >= 4 is 43.8 Å². The molecule has 40 heavy (non-hydrogen) atoms. The number of fused-ring (bicyclic) bond motifs is 1. The van der Waals surface area contributed by atoms with Crippen LogP contribution >= 0.6 is 22.9 Å². The smallest absolute Gasteiger partial charge is 0.264 e. The van der Waals surface area contributed by atoms with E-state index in [9.17, 15) is 8.42 Å². The SMILES string of the molecule is COc1ccc(S(=O)(=O)N2CC(c3cccnc3OC)(N3CCN(c4nccs4)CC3)c3cc(Cl)ccc32)cc1. The minimum Gasteiger partial charge on any atom is -0.497 e. The summed E-state index contributed by atoms with van der Waals surface area (Å²) >= 11 is 8.20. The Morgan fingerprint density at radius 2 is 1.70 bits per heavy atom. The lowest BCUT2D eigenvalue weighted by Crippen LogP contribution is -2.58. The highest BCUT2D eigenvalue weighted by molar-refractivity contribution is 7.92. The molecule has 1 fully saturated rings. The highest BCUT2D eigenvalue weighted by Gasteiger charge is 2.53. The number of ether oxygens (including phenoxy) is 2. The first-order valence-corrected chi connectivity index (χ1v) is 15.4. The molecule has 4 aromatic rings. The van der Waals surface area contributed by atoms with E-state index in [1.165, 1.54) is 4.31 Å². The second kappa shape index (κ2) is 10.5. The predicted molar refractivity (Wildman–Crippen MR) is 156 cm³/mol. The number of methoxy groups -OCH3 is 2. The van der Waals surface area contributed by atoms with Crippen molar-refractivity contribution in [3.05, 3.63) is 88.5 Å². The molecule has 4 heterocycles. The Bertz CT molecular complexity index is 1610. The molecular weight excluding hydrogens is 570 g/mol. The van der Waals surface area contributed by atoms with Crippen molar-refractivity contribution in [2.45, 2.75) is 10.4 Å². The molecule has 1 unspecified atom stereocenters. The summed E-state index contributed by atoms with van der Waals surface area (Å²) in [6.07, 6.45) is 3.49. The Morgan fingerprint density at radius 1 is 0.925 bits per heavy atom. The first-order valence-electron chi connectivity index (χ1n) is 12.7. The largest absolute Gasteiger partial charge is 0.497 e. The summed E-state index contributed by atoms with van der Waals surface area (Å²) in [5.41, 5.74) is 1.27. The highest BCUT2D eigenvalue weighted by atomic mass is 35.5. The molecule has 2 aliphatic rings. The quantitative estimate of drug-likeness (QED) is 0.308. The summed E-state index contributed by atoms with van der Waals surface area (Å²) < 4.78 is 40.9. The van der Waals surface area contributed by atoms with Gasteiger partial charge in [-0.25, -0.2) is 18.4 Å². The van der Waals surface area contributed by atoms with Gasteiger partial charge in [-0.15, -0.1) is 11.3 Å². The van der Waals surface area contributed by atoms with Crippen LogP contribution in [0, 0.1) is 0 Å². The Morgan fingerprint density at radius 3 is 2.38 bits per heavy atom. The number of halogens is 1. The van der Waals surface area contributed by atoms with Crippen LogP contribution in [0.2, 0.25) is 5.02 Å². The maximum absolute atomic E-state index is 14.2. The van der Waals surface area contributed by atoms with Crippen molar-refractivity contribution in [2.24, 2.45) is 0 Å². The summed E-state index contributed by atoms with van der Waals surface area (Å²) in [6, 6.07) is 15.7. The molecule has 0 saturated carbocycles. The van der Waals surface area contributed by atoms with Crippen LogP contribution in [-0.4, -0.2) is 70.2 Å². The van der Waals surface area contributed by atoms with Crippen LogP contribution in [0.15, 0.2) is 77.3 Å². The zero-order valence-electron chi connectivity index (χ0n) is 22.0. The van der Waals surface area contributed by atoms with E-state index in [0.717, 1.165) is 29.3 Å². The second-order valence-corrected chi connectivity index (χ2v) is 12.7. The summed E-state index contributed by atoms with van der Waals surface area (Å²) in [7, 11) is -0.813. The molecule has 2 aliphatic heterocycles. The molecule has 6 rings (SSSR count). The maximum atomic E-state index is 14.2. The normalized spacial score (nSPS) is 19.5. The second-order valence-electron chi connectivity index (χ2n) is 9.56. The van der Waals surface area contributed by atoms with E-state index in [4.69, 9.17) is 21.1 Å². The van der Waals surface area contributed by atoms with Crippen LogP contribution in [0.25, 0.3) is 0 Å². The number of piperazine rings is 1. The van der Waals surface area contributed by atoms with Gasteiger partial charge in [0.25, 0.3) is 10.0 Å². The van der Waals surface area contributed by atoms with Crippen molar-refractivity contribution in [1.29, 1.82) is 0 Å². The van der Waals surface area contributed by atoms with Crippen LogP contribution in [-0.2, 0) is 15.6 Å². The summed E-state index contributed by atoms with van der Waals surface area (Å²) in [6.45, 7) is 2.94. The Kier molecular flexibility index (Phi) is 7.07. The molecule has 208 valence electrons. The van der Waals surface area contributed by atoms with Crippen molar-refractivity contribution in [3.63, 3.8) is 0 Å². The fraction of sp³-hybridized carbons (Fsp3) is 0.286.